The molecule has 22 heavy (non-hydrogen) atoms. The normalized spacial score (nSPS) is 23.5. The molecule has 3 rings (SSSR count). The molecule has 0 spiro atoms. The number of benzene rings is 1. The van der Waals surface area contributed by atoms with Crippen molar-refractivity contribution in [2.75, 3.05) is 13.1 Å². The predicted molar refractivity (Wildman–Crippen MR) is 85.0 cm³/mol. The Morgan fingerprint density at radius 3 is 2.59 bits per heavy atom. The highest BCUT2D eigenvalue weighted by molar-refractivity contribution is 7.89. The minimum atomic E-state index is -3.52. The van der Waals surface area contributed by atoms with E-state index >= 15 is 0 Å². The molecule has 0 radical (unpaired) electrons. The number of rotatable bonds is 3. The van der Waals surface area contributed by atoms with Gasteiger partial charge in [-0.3, -0.25) is 0 Å². The number of piperidine rings is 1. The molecule has 6 heteroatoms. The predicted octanol–water partition coefficient (Wildman–Crippen LogP) is 2.16. The molecule has 0 bridgehead atoms. The number of hydrogen-bond acceptors (Lipinski definition) is 3. The highest BCUT2D eigenvalue weighted by Crippen LogP contribution is 2.35. The van der Waals surface area contributed by atoms with E-state index in [0.717, 1.165) is 12.8 Å². The molecule has 1 aliphatic heterocycles. The summed E-state index contributed by atoms with van der Waals surface area (Å²) < 4.78 is 28.8. The second-order valence-corrected chi connectivity index (χ2v) is 8.13. The van der Waals surface area contributed by atoms with Crippen molar-refractivity contribution in [1.82, 2.24) is 13.9 Å². The van der Waals surface area contributed by atoms with Gasteiger partial charge in [0.05, 0.1) is 6.33 Å². The van der Waals surface area contributed by atoms with Crippen LogP contribution in [-0.2, 0) is 22.5 Å². The monoisotopic (exact) mass is 319 g/mol. The standard InChI is InChI=1S/C16H21N3O2S/c1-16(14-7-4-3-5-8-14)9-6-10-19(12-16)22(20,21)15-11-18(2)13-17-15/h3-5,7-8,11,13H,6,9-10,12H2,1-2H3. The lowest BCUT2D eigenvalue weighted by atomic mass is 9.77. The summed E-state index contributed by atoms with van der Waals surface area (Å²) in [6.07, 6.45) is 4.93. The largest absolute Gasteiger partial charge is 0.339 e. The third-order valence-electron chi connectivity index (χ3n) is 4.42. The van der Waals surface area contributed by atoms with Crippen molar-refractivity contribution in [1.29, 1.82) is 0 Å². The first-order valence-electron chi connectivity index (χ1n) is 7.45. The number of sulfonamides is 1. The number of hydrogen-bond donors (Lipinski definition) is 0. The molecule has 2 aromatic rings. The van der Waals surface area contributed by atoms with Crippen LogP contribution in [0.5, 0.6) is 0 Å². The van der Waals surface area contributed by atoms with Gasteiger partial charge >= 0.3 is 0 Å². The van der Waals surface area contributed by atoms with E-state index in [1.807, 2.05) is 18.2 Å². The second-order valence-electron chi connectivity index (χ2n) is 6.25. The minimum Gasteiger partial charge on any atom is -0.339 e. The summed E-state index contributed by atoms with van der Waals surface area (Å²) >= 11 is 0. The van der Waals surface area contributed by atoms with Gasteiger partial charge in [0.15, 0.2) is 5.03 Å². The van der Waals surface area contributed by atoms with Crippen LogP contribution in [0.2, 0.25) is 0 Å². The summed E-state index contributed by atoms with van der Waals surface area (Å²) in [5.74, 6) is 0. The van der Waals surface area contributed by atoms with Gasteiger partial charge in [-0.2, -0.15) is 4.31 Å². The maximum atomic E-state index is 12.8. The SMILES string of the molecule is Cn1cnc(S(=O)(=O)N2CCCC(C)(c3ccccc3)C2)c1. The Bertz CT molecular complexity index is 755. The molecule has 1 aliphatic rings. The Labute approximate surface area is 131 Å². The van der Waals surface area contributed by atoms with Crippen molar-refractivity contribution >= 4 is 10.0 Å². The Hall–Kier alpha value is -1.66. The van der Waals surface area contributed by atoms with Gasteiger partial charge in [0, 0.05) is 31.7 Å². The minimum absolute atomic E-state index is 0.132. The lowest BCUT2D eigenvalue weighted by molar-refractivity contribution is 0.240. The number of aromatic nitrogens is 2. The summed E-state index contributed by atoms with van der Waals surface area (Å²) in [5.41, 5.74) is 1.04. The molecule has 0 N–H and O–H groups in total. The van der Waals surface area contributed by atoms with Crippen LogP contribution in [0, 0.1) is 0 Å². The van der Waals surface area contributed by atoms with Gasteiger partial charge in [-0.05, 0) is 18.4 Å². The molecule has 0 amide bonds. The van der Waals surface area contributed by atoms with Crippen molar-refractivity contribution in [3.05, 3.63) is 48.4 Å². The van der Waals surface area contributed by atoms with E-state index in [2.05, 4.69) is 24.0 Å². The van der Waals surface area contributed by atoms with Gasteiger partial charge in [0.25, 0.3) is 10.0 Å². The first-order chi connectivity index (χ1) is 10.4. The van der Waals surface area contributed by atoms with E-state index in [1.165, 1.54) is 11.9 Å². The molecular weight excluding hydrogens is 298 g/mol. The van der Waals surface area contributed by atoms with Crippen LogP contribution in [0.25, 0.3) is 0 Å². The van der Waals surface area contributed by atoms with Crippen LogP contribution in [0.15, 0.2) is 47.9 Å². The van der Waals surface area contributed by atoms with Crippen LogP contribution >= 0.6 is 0 Å². The highest BCUT2D eigenvalue weighted by atomic mass is 32.2. The van der Waals surface area contributed by atoms with Crippen LogP contribution in [-0.4, -0.2) is 35.4 Å². The fraction of sp³-hybridized carbons (Fsp3) is 0.438. The Kier molecular flexibility index (Phi) is 3.82. The Balaban J connectivity index is 1.90. The van der Waals surface area contributed by atoms with Gasteiger partial charge in [-0.25, -0.2) is 13.4 Å². The molecule has 0 saturated carbocycles. The summed E-state index contributed by atoms with van der Waals surface area (Å²) in [4.78, 5) is 4.02. The molecule has 1 unspecified atom stereocenters. The number of imidazole rings is 1. The summed E-state index contributed by atoms with van der Waals surface area (Å²) in [7, 11) is -1.74. The zero-order valence-corrected chi connectivity index (χ0v) is 13.8. The summed E-state index contributed by atoms with van der Waals surface area (Å²) in [6, 6.07) is 10.2. The maximum absolute atomic E-state index is 12.8. The average molecular weight is 319 g/mol. The van der Waals surface area contributed by atoms with Crippen molar-refractivity contribution in [2.45, 2.75) is 30.2 Å². The lowest BCUT2D eigenvalue weighted by Gasteiger charge is -2.39. The number of nitrogens with zero attached hydrogens (tertiary/aromatic N) is 3. The first-order valence-corrected chi connectivity index (χ1v) is 8.89. The van der Waals surface area contributed by atoms with E-state index in [9.17, 15) is 8.42 Å². The number of aryl methyl sites for hydroxylation is 1. The average Bonchev–Trinajstić information content (AvgIpc) is 2.96. The van der Waals surface area contributed by atoms with E-state index in [-0.39, 0.29) is 10.4 Å². The molecule has 118 valence electrons. The van der Waals surface area contributed by atoms with Crippen molar-refractivity contribution in [2.24, 2.45) is 7.05 Å². The molecule has 1 aromatic carbocycles. The molecule has 1 atom stereocenters. The third kappa shape index (κ3) is 2.68. The quantitative estimate of drug-likeness (QED) is 0.871. The fourth-order valence-corrected chi connectivity index (χ4v) is 4.70. The van der Waals surface area contributed by atoms with Gasteiger partial charge in [-0.1, -0.05) is 37.3 Å². The van der Waals surface area contributed by atoms with Crippen molar-refractivity contribution in [3.63, 3.8) is 0 Å². The molecule has 1 saturated heterocycles. The van der Waals surface area contributed by atoms with Crippen LogP contribution in [0.3, 0.4) is 0 Å². The van der Waals surface area contributed by atoms with Crippen LogP contribution in [0.1, 0.15) is 25.3 Å². The van der Waals surface area contributed by atoms with Gasteiger partial charge in [0.2, 0.25) is 0 Å². The van der Waals surface area contributed by atoms with E-state index in [4.69, 9.17) is 0 Å². The van der Waals surface area contributed by atoms with E-state index < -0.39 is 10.0 Å². The molecule has 2 heterocycles. The highest BCUT2D eigenvalue weighted by Gasteiger charge is 2.38. The molecule has 1 aromatic heterocycles. The third-order valence-corrected chi connectivity index (χ3v) is 6.15. The summed E-state index contributed by atoms with van der Waals surface area (Å²) in [5, 5.41) is 0.132. The van der Waals surface area contributed by atoms with Gasteiger partial charge in [-0.15, -0.1) is 0 Å². The smallest absolute Gasteiger partial charge is 0.262 e. The summed E-state index contributed by atoms with van der Waals surface area (Å²) in [6.45, 7) is 3.19. The van der Waals surface area contributed by atoms with Gasteiger partial charge < -0.3 is 4.57 Å². The lowest BCUT2D eigenvalue weighted by Crippen LogP contribution is -2.47. The fourth-order valence-electron chi connectivity index (χ4n) is 3.13. The Morgan fingerprint density at radius 1 is 1.23 bits per heavy atom. The topological polar surface area (TPSA) is 55.2 Å². The zero-order valence-electron chi connectivity index (χ0n) is 12.9. The first kappa shape index (κ1) is 15.2. The maximum Gasteiger partial charge on any atom is 0.262 e. The molecule has 5 nitrogen and oxygen atoms in total. The van der Waals surface area contributed by atoms with Crippen LogP contribution < -0.4 is 0 Å². The van der Waals surface area contributed by atoms with E-state index in [1.54, 1.807) is 22.1 Å². The van der Waals surface area contributed by atoms with Gasteiger partial charge in [0.1, 0.15) is 0 Å². The van der Waals surface area contributed by atoms with Crippen molar-refractivity contribution in [3.8, 4) is 0 Å². The molecule has 1 fully saturated rings. The van der Waals surface area contributed by atoms with Crippen molar-refractivity contribution < 1.29 is 8.42 Å². The zero-order chi connectivity index (χ0) is 15.8. The van der Waals surface area contributed by atoms with Crippen LogP contribution in [0.4, 0.5) is 0 Å². The Morgan fingerprint density at radius 2 is 1.95 bits per heavy atom. The second kappa shape index (κ2) is 5.52. The molecule has 0 aliphatic carbocycles. The van der Waals surface area contributed by atoms with E-state index in [0.29, 0.717) is 13.1 Å². The molecular formula is C16H21N3O2S.